The number of rotatable bonds is 5. The first-order valence-electron chi connectivity index (χ1n) is 10.4. The molecule has 1 heterocycles. The summed E-state index contributed by atoms with van der Waals surface area (Å²) in [6.07, 6.45) is 0. The number of fused-ring (bicyclic) bond motifs is 1. The minimum absolute atomic E-state index is 0.0305. The van der Waals surface area contributed by atoms with Crippen LogP contribution in [-0.2, 0) is 18.5 Å². The second kappa shape index (κ2) is 8.34. The molecule has 0 spiro atoms. The summed E-state index contributed by atoms with van der Waals surface area (Å²) in [5.74, 6) is -0.260. The third-order valence-corrected chi connectivity index (χ3v) is 5.42. The van der Waals surface area contributed by atoms with Gasteiger partial charge in [0.2, 0.25) is 0 Å². The van der Waals surface area contributed by atoms with E-state index in [2.05, 4.69) is 54.9 Å². The molecule has 3 aromatic carbocycles. The van der Waals surface area contributed by atoms with Gasteiger partial charge in [-0.05, 0) is 40.8 Å². The molecule has 4 rings (SSSR count). The van der Waals surface area contributed by atoms with Crippen LogP contribution in [0, 0.1) is 5.82 Å². The smallest absolute Gasteiger partial charge is 0.254 e. The molecule has 0 aliphatic heterocycles. The summed E-state index contributed by atoms with van der Waals surface area (Å²) in [4.78, 5) is 17.2. The predicted molar refractivity (Wildman–Crippen MR) is 122 cm³/mol. The van der Waals surface area contributed by atoms with E-state index in [0.717, 1.165) is 22.4 Å². The summed E-state index contributed by atoms with van der Waals surface area (Å²) in [7, 11) is 0. The van der Waals surface area contributed by atoms with E-state index in [-0.39, 0.29) is 17.5 Å². The normalized spacial score (nSPS) is 11.6. The van der Waals surface area contributed by atoms with Crippen LogP contribution in [0.4, 0.5) is 4.39 Å². The molecule has 158 valence electrons. The van der Waals surface area contributed by atoms with Gasteiger partial charge in [-0.1, -0.05) is 69.3 Å². The Hall–Kier alpha value is -3.47. The largest absolute Gasteiger partial charge is 0.345 e. The minimum Gasteiger partial charge on any atom is -0.345 e. The highest BCUT2D eigenvalue weighted by molar-refractivity contribution is 5.94. The first-order valence-corrected chi connectivity index (χ1v) is 10.4. The average molecular weight is 416 g/mol. The Morgan fingerprint density at radius 3 is 2.35 bits per heavy atom. The lowest BCUT2D eigenvalue weighted by Crippen LogP contribution is -2.25. The molecule has 0 bridgehead atoms. The molecule has 31 heavy (non-hydrogen) atoms. The summed E-state index contributed by atoms with van der Waals surface area (Å²) < 4.78 is 16.0. The molecule has 1 N–H and O–H groups in total. The molecule has 0 atom stereocenters. The van der Waals surface area contributed by atoms with E-state index in [1.807, 2.05) is 24.3 Å². The summed E-state index contributed by atoms with van der Waals surface area (Å²) in [6, 6.07) is 22.5. The van der Waals surface area contributed by atoms with Crippen molar-refractivity contribution in [2.45, 2.75) is 39.3 Å². The van der Waals surface area contributed by atoms with Crippen LogP contribution in [0.2, 0.25) is 0 Å². The molecule has 1 amide bonds. The maximum atomic E-state index is 13.9. The number of para-hydroxylation sites is 2. The van der Waals surface area contributed by atoms with Crippen molar-refractivity contribution in [2.75, 3.05) is 0 Å². The maximum absolute atomic E-state index is 13.9. The number of carbonyl (C=O) groups is 1. The average Bonchev–Trinajstić information content (AvgIpc) is 3.09. The Balaban J connectivity index is 1.60. The fraction of sp³-hybridized carbons (Fsp3) is 0.231. The molecule has 4 nitrogen and oxygen atoms in total. The van der Waals surface area contributed by atoms with Gasteiger partial charge in [-0.2, -0.15) is 0 Å². The lowest BCUT2D eigenvalue weighted by Gasteiger charge is -2.19. The number of imidazole rings is 1. The van der Waals surface area contributed by atoms with Gasteiger partial charge < -0.3 is 9.88 Å². The van der Waals surface area contributed by atoms with Gasteiger partial charge in [-0.15, -0.1) is 0 Å². The Labute approximate surface area is 181 Å². The predicted octanol–water partition coefficient (Wildman–Crippen LogP) is 5.45. The number of benzene rings is 3. The van der Waals surface area contributed by atoms with E-state index in [0.29, 0.717) is 6.54 Å². The first-order chi connectivity index (χ1) is 14.8. The second-order valence-corrected chi connectivity index (χ2v) is 8.71. The number of amides is 1. The highest BCUT2D eigenvalue weighted by atomic mass is 19.1. The monoisotopic (exact) mass is 415 g/mol. The zero-order valence-corrected chi connectivity index (χ0v) is 18.0. The molecule has 1 aromatic heterocycles. The van der Waals surface area contributed by atoms with E-state index in [1.165, 1.54) is 17.7 Å². The Bertz CT molecular complexity index is 1220. The van der Waals surface area contributed by atoms with E-state index in [1.54, 1.807) is 12.1 Å². The fourth-order valence-corrected chi connectivity index (χ4v) is 3.63. The van der Waals surface area contributed by atoms with Gasteiger partial charge in [-0.3, -0.25) is 4.79 Å². The number of hydrogen-bond donors (Lipinski definition) is 1. The van der Waals surface area contributed by atoms with Gasteiger partial charge in [0.25, 0.3) is 5.91 Å². The third kappa shape index (κ3) is 4.50. The van der Waals surface area contributed by atoms with Crippen molar-refractivity contribution in [1.82, 2.24) is 14.9 Å². The van der Waals surface area contributed by atoms with Crippen molar-refractivity contribution in [1.29, 1.82) is 0 Å². The van der Waals surface area contributed by atoms with Gasteiger partial charge in [0, 0.05) is 6.54 Å². The Kier molecular flexibility index (Phi) is 5.59. The van der Waals surface area contributed by atoms with Gasteiger partial charge >= 0.3 is 0 Å². The molecule has 0 aliphatic rings. The zero-order valence-electron chi connectivity index (χ0n) is 18.0. The molecule has 0 radical (unpaired) electrons. The molecular formula is C26H26FN3O. The first kappa shape index (κ1) is 20.8. The van der Waals surface area contributed by atoms with Gasteiger partial charge in [0.1, 0.15) is 11.6 Å². The highest BCUT2D eigenvalue weighted by Gasteiger charge is 2.16. The molecule has 0 fully saturated rings. The van der Waals surface area contributed by atoms with Crippen LogP contribution in [0.5, 0.6) is 0 Å². The summed E-state index contributed by atoms with van der Waals surface area (Å²) in [5, 5.41) is 2.81. The van der Waals surface area contributed by atoms with Gasteiger partial charge in [0.15, 0.2) is 0 Å². The molecule has 0 aliphatic carbocycles. The Morgan fingerprint density at radius 1 is 0.968 bits per heavy atom. The molecule has 0 unspecified atom stereocenters. The summed E-state index contributed by atoms with van der Waals surface area (Å²) >= 11 is 0. The minimum atomic E-state index is -0.535. The van der Waals surface area contributed by atoms with Crippen molar-refractivity contribution in [3.63, 3.8) is 0 Å². The standard InChI is InChI=1S/C26H26FN3O/c1-26(2,3)19-14-12-18(13-15-19)17-30-23-11-7-6-10-22(23)29-24(30)16-28-25(31)20-8-4-5-9-21(20)27/h4-15H,16-17H2,1-3H3,(H,28,31). The molecular weight excluding hydrogens is 389 g/mol. The number of nitrogens with one attached hydrogen (secondary N) is 1. The lowest BCUT2D eigenvalue weighted by atomic mass is 9.87. The maximum Gasteiger partial charge on any atom is 0.254 e. The van der Waals surface area contributed by atoms with E-state index >= 15 is 0 Å². The number of aromatic nitrogens is 2. The van der Waals surface area contributed by atoms with Crippen molar-refractivity contribution in [3.8, 4) is 0 Å². The molecule has 0 saturated heterocycles. The van der Waals surface area contributed by atoms with E-state index in [9.17, 15) is 9.18 Å². The Morgan fingerprint density at radius 2 is 1.65 bits per heavy atom. The van der Waals surface area contributed by atoms with Crippen LogP contribution in [0.3, 0.4) is 0 Å². The van der Waals surface area contributed by atoms with E-state index in [4.69, 9.17) is 4.98 Å². The van der Waals surface area contributed by atoms with Crippen LogP contribution in [0.25, 0.3) is 11.0 Å². The van der Waals surface area contributed by atoms with Crippen molar-refractivity contribution < 1.29 is 9.18 Å². The number of hydrogen-bond acceptors (Lipinski definition) is 2. The number of nitrogens with zero attached hydrogens (tertiary/aromatic N) is 2. The summed E-state index contributed by atoms with van der Waals surface area (Å²) in [5.41, 5.74) is 4.42. The summed E-state index contributed by atoms with van der Waals surface area (Å²) in [6.45, 7) is 7.43. The van der Waals surface area contributed by atoms with Crippen LogP contribution in [0.15, 0.2) is 72.8 Å². The SMILES string of the molecule is CC(C)(C)c1ccc(Cn2c(CNC(=O)c3ccccc3F)nc3ccccc32)cc1. The number of carbonyl (C=O) groups excluding carboxylic acids is 1. The lowest BCUT2D eigenvalue weighted by molar-refractivity contribution is 0.0945. The molecule has 5 heteroatoms. The van der Waals surface area contributed by atoms with Crippen LogP contribution < -0.4 is 5.32 Å². The van der Waals surface area contributed by atoms with E-state index < -0.39 is 11.7 Å². The third-order valence-electron chi connectivity index (χ3n) is 5.42. The van der Waals surface area contributed by atoms with Gasteiger partial charge in [-0.25, -0.2) is 9.37 Å². The molecule has 0 saturated carbocycles. The second-order valence-electron chi connectivity index (χ2n) is 8.71. The van der Waals surface area contributed by atoms with Crippen molar-refractivity contribution in [2.24, 2.45) is 0 Å². The topological polar surface area (TPSA) is 46.9 Å². The zero-order chi connectivity index (χ0) is 22.0. The van der Waals surface area contributed by atoms with Gasteiger partial charge in [0.05, 0.1) is 23.1 Å². The fourth-order valence-electron chi connectivity index (χ4n) is 3.63. The molecule has 4 aromatic rings. The van der Waals surface area contributed by atoms with Crippen LogP contribution >= 0.6 is 0 Å². The van der Waals surface area contributed by atoms with Crippen LogP contribution in [-0.4, -0.2) is 15.5 Å². The number of halogens is 1. The van der Waals surface area contributed by atoms with Crippen molar-refractivity contribution in [3.05, 3.63) is 101 Å². The van der Waals surface area contributed by atoms with Crippen LogP contribution in [0.1, 0.15) is 48.1 Å². The highest BCUT2D eigenvalue weighted by Crippen LogP contribution is 2.23. The van der Waals surface area contributed by atoms with Crippen molar-refractivity contribution >= 4 is 16.9 Å². The quantitative estimate of drug-likeness (QED) is 0.471.